The summed E-state index contributed by atoms with van der Waals surface area (Å²) in [6, 6.07) is 19.7. The number of aliphatic carboxylic acids is 1. The number of nitrogens with zero attached hydrogens (tertiary/aromatic N) is 1. The molecule has 0 aliphatic rings. The average Bonchev–Trinajstić information content (AvgIpc) is 2.78. The number of nitrogens with one attached hydrogen (secondary N) is 1. The molecule has 0 aliphatic heterocycles. The van der Waals surface area contributed by atoms with Crippen LogP contribution in [0.1, 0.15) is 41.3 Å². The maximum Gasteiger partial charge on any atom is 0.311 e. The van der Waals surface area contributed by atoms with Crippen LogP contribution in [-0.4, -0.2) is 30.6 Å². The molecular formula is C27H28Cl2N2O3. The quantitative estimate of drug-likeness (QED) is 0.342. The molecule has 2 N–H and O–H groups in total. The van der Waals surface area contributed by atoms with Crippen molar-refractivity contribution in [2.75, 3.05) is 23.8 Å². The number of hydrogen-bond acceptors (Lipinski definition) is 3. The van der Waals surface area contributed by atoms with Crippen LogP contribution < -0.4 is 10.2 Å². The Morgan fingerprint density at radius 1 is 0.971 bits per heavy atom. The van der Waals surface area contributed by atoms with Gasteiger partial charge < -0.3 is 15.3 Å². The number of rotatable bonds is 9. The summed E-state index contributed by atoms with van der Waals surface area (Å²) >= 11 is 12.2. The Morgan fingerprint density at radius 3 is 2.18 bits per heavy atom. The minimum atomic E-state index is -0.880. The van der Waals surface area contributed by atoms with Gasteiger partial charge in [-0.1, -0.05) is 67.4 Å². The smallest absolute Gasteiger partial charge is 0.311 e. The fourth-order valence-electron chi connectivity index (χ4n) is 3.85. The third-order valence-corrected chi connectivity index (χ3v) is 6.12. The fourth-order valence-corrected chi connectivity index (χ4v) is 4.42. The molecule has 178 valence electrons. The van der Waals surface area contributed by atoms with E-state index in [0.717, 1.165) is 23.4 Å². The summed E-state index contributed by atoms with van der Waals surface area (Å²) in [6.07, 6.45) is 0.331. The largest absolute Gasteiger partial charge is 0.481 e. The van der Waals surface area contributed by atoms with Crippen molar-refractivity contribution in [3.8, 4) is 0 Å². The maximum absolute atomic E-state index is 12.6. The van der Waals surface area contributed by atoms with Gasteiger partial charge in [0.1, 0.15) is 0 Å². The summed E-state index contributed by atoms with van der Waals surface area (Å²) in [7, 11) is 2.01. The van der Waals surface area contributed by atoms with Crippen LogP contribution in [0.4, 0.5) is 11.4 Å². The standard InChI is InChI=1S/C27H28Cl2N2O3/c1-17(2)16-31(3)21-7-4-6-19(15-21)22(27(33)34)14-18-10-12-20(13-11-18)30-26(32)25-23(28)8-5-9-24(25)29/h4-13,15,17,22H,14,16H2,1-3H3,(H,30,32)(H,33,34). The number of hydrogen-bond donors (Lipinski definition) is 2. The third-order valence-electron chi connectivity index (χ3n) is 5.49. The summed E-state index contributed by atoms with van der Waals surface area (Å²) in [4.78, 5) is 26.8. The van der Waals surface area contributed by atoms with Crippen LogP contribution in [0.2, 0.25) is 10.0 Å². The number of halogens is 2. The highest BCUT2D eigenvalue weighted by molar-refractivity contribution is 6.40. The van der Waals surface area contributed by atoms with Gasteiger partial charge in [0.2, 0.25) is 0 Å². The lowest BCUT2D eigenvalue weighted by molar-refractivity contribution is -0.138. The first-order chi connectivity index (χ1) is 16.2. The lowest BCUT2D eigenvalue weighted by Crippen LogP contribution is -2.23. The molecule has 0 fully saturated rings. The first kappa shape index (κ1) is 25.6. The minimum Gasteiger partial charge on any atom is -0.481 e. The molecule has 3 aromatic rings. The topological polar surface area (TPSA) is 69.6 Å². The van der Waals surface area contributed by atoms with E-state index in [4.69, 9.17) is 23.2 Å². The molecule has 3 rings (SSSR count). The predicted molar refractivity (Wildman–Crippen MR) is 139 cm³/mol. The molecule has 3 aromatic carbocycles. The molecule has 0 radical (unpaired) electrons. The molecule has 34 heavy (non-hydrogen) atoms. The van der Waals surface area contributed by atoms with E-state index in [1.54, 1.807) is 30.3 Å². The SMILES string of the molecule is CC(C)CN(C)c1cccc(C(Cc2ccc(NC(=O)c3c(Cl)cccc3Cl)cc2)C(=O)O)c1. The van der Waals surface area contributed by atoms with Crippen LogP contribution in [0.3, 0.4) is 0 Å². The molecule has 7 heteroatoms. The van der Waals surface area contributed by atoms with Crippen LogP contribution in [0.25, 0.3) is 0 Å². The van der Waals surface area contributed by atoms with Crippen LogP contribution in [0, 0.1) is 5.92 Å². The molecule has 0 aliphatic carbocycles. The van der Waals surface area contributed by atoms with Crippen molar-refractivity contribution in [1.29, 1.82) is 0 Å². The van der Waals surface area contributed by atoms with Gasteiger partial charge in [0.15, 0.2) is 0 Å². The van der Waals surface area contributed by atoms with Gasteiger partial charge in [0, 0.05) is 25.0 Å². The Balaban J connectivity index is 1.74. The van der Waals surface area contributed by atoms with Gasteiger partial charge in [0.05, 0.1) is 21.5 Å². The number of carboxylic acids is 1. The van der Waals surface area contributed by atoms with Crippen molar-refractivity contribution in [3.63, 3.8) is 0 Å². The van der Waals surface area contributed by atoms with Crippen molar-refractivity contribution >= 4 is 46.5 Å². The maximum atomic E-state index is 12.6. The first-order valence-corrected chi connectivity index (χ1v) is 11.8. The summed E-state index contributed by atoms with van der Waals surface area (Å²) in [5, 5.41) is 13.2. The molecule has 5 nitrogen and oxygen atoms in total. The van der Waals surface area contributed by atoms with Crippen molar-refractivity contribution in [1.82, 2.24) is 0 Å². The third kappa shape index (κ3) is 6.52. The van der Waals surface area contributed by atoms with E-state index in [2.05, 4.69) is 24.1 Å². The Hall–Kier alpha value is -3.02. The van der Waals surface area contributed by atoms with E-state index in [1.165, 1.54) is 0 Å². The fraction of sp³-hybridized carbons (Fsp3) is 0.259. The Morgan fingerprint density at radius 2 is 1.59 bits per heavy atom. The zero-order valence-electron chi connectivity index (χ0n) is 19.4. The molecule has 0 saturated heterocycles. The summed E-state index contributed by atoms with van der Waals surface area (Å²) in [6.45, 7) is 5.18. The van der Waals surface area contributed by atoms with E-state index >= 15 is 0 Å². The van der Waals surface area contributed by atoms with Crippen molar-refractivity contribution in [2.24, 2.45) is 5.92 Å². The van der Waals surface area contributed by atoms with Crippen LogP contribution >= 0.6 is 23.2 Å². The predicted octanol–water partition coefficient (Wildman–Crippen LogP) is 6.75. The molecule has 1 atom stereocenters. The number of amides is 1. The van der Waals surface area contributed by atoms with Crippen LogP contribution in [0.5, 0.6) is 0 Å². The molecule has 1 unspecified atom stereocenters. The second-order valence-corrected chi connectivity index (χ2v) is 9.53. The van der Waals surface area contributed by atoms with E-state index < -0.39 is 17.8 Å². The van der Waals surface area contributed by atoms with Gasteiger partial charge in [0.25, 0.3) is 5.91 Å². The van der Waals surface area contributed by atoms with Crippen LogP contribution in [-0.2, 0) is 11.2 Å². The number of benzene rings is 3. The molecule has 0 saturated carbocycles. The average molecular weight is 499 g/mol. The molecular weight excluding hydrogens is 471 g/mol. The summed E-state index contributed by atoms with van der Waals surface area (Å²) in [5.41, 5.74) is 3.37. The van der Waals surface area contributed by atoms with E-state index in [1.807, 2.05) is 43.4 Å². The van der Waals surface area contributed by atoms with E-state index in [0.29, 0.717) is 18.0 Å². The first-order valence-electron chi connectivity index (χ1n) is 11.0. The van der Waals surface area contributed by atoms with E-state index in [9.17, 15) is 14.7 Å². The Labute approximate surface area is 210 Å². The minimum absolute atomic E-state index is 0.211. The second-order valence-electron chi connectivity index (χ2n) is 8.71. The van der Waals surface area contributed by atoms with Crippen LogP contribution in [0.15, 0.2) is 66.7 Å². The highest BCUT2D eigenvalue weighted by Gasteiger charge is 2.21. The second kappa shape index (κ2) is 11.4. The molecule has 0 spiro atoms. The molecule has 0 bridgehead atoms. The Kier molecular flexibility index (Phi) is 8.59. The molecule has 0 aromatic heterocycles. The van der Waals surface area contributed by atoms with Crippen molar-refractivity contribution in [2.45, 2.75) is 26.2 Å². The van der Waals surface area contributed by atoms with Crippen molar-refractivity contribution < 1.29 is 14.7 Å². The summed E-state index contributed by atoms with van der Waals surface area (Å²) in [5.74, 6) is -1.48. The number of anilines is 2. The number of carbonyl (C=O) groups is 2. The zero-order chi connectivity index (χ0) is 24.8. The van der Waals surface area contributed by atoms with Gasteiger partial charge in [-0.3, -0.25) is 9.59 Å². The number of carbonyl (C=O) groups excluding carboxylic acids is 1. The lowest BCUT2D eigenvalue weighted by atomic mass is 9.91. The lowest BCUT2D eigenvalue weighted by Gasteiger charge is -2.23. The van der Waals surface area contributed by atoms with Gasteiger partial charge in [-0.15, -0.1) is 0 Å². The molecule has 0 heterocycles. The zero-order valence-corrected chi connectivity index (χ0v) is 20.9. The van der Waals surface area contributed by atoms with E-state index in [-0.39, 0.29) is 15.6 Å². The number of carboxylic acid groups (broad SMARTS) is 1. The monoisotopic (exact) mass is 498 g/mol. The van der Waals surface area contributed by atoms with Gasteiger partial charge in [-0.25, -0.2) is 0 Å². The van der Waals surface area contributed by atoms with Crippen molar-refractivity contribution in [3.05, 3.63) is 93.5 Å². The van der Waals surface area contributed by atoms with Gasteiger partial charge >= 0.3 is 5.97 Å². The highest BCUT2D eigenvalue weighted by Crippen LogP contribution is 2.28. The summed E-state index contributed by atoms with van der Waals surface area (Å²) < 4.78 is 0. The highest BCUT2D eigenvalue weighted by atomic mass is 35.5. The van der Waals surface area contributed by atoms with Gasteiger partial charge in [-0.05, 0) is 59.9 Å². The van der Waals surface area contributed by atoms with Gasteiger partial charge in [-0.2, -0.15) is 0 Å². The normalized spacial score (nSPS) is 11.8. The molecule has 1 amide bonds. The Bertz CT molecular complexity index is 1140.